The van der Waals surface area contributed by atoms with Crippen molar-refractivity contribution in [1.29, 1.82) is 0 Å². The van der Waals surface area contributed by atoms with Crippen LogP contribution in [-0.2, 0) is 25.8 Å². The zero-order chi connectivity index (χ0) is 29.0. The van der Waals surface area contributed by atoms with Gasteiger partial charge in [-0.1, -0.05) is 18.9 Å². The molecular formula is C29H35F3N4O5. The average molecular weight is 577 g/mol. The van der Waals surface area contributed by atoms with Crippen molar-refractivity contribution in [1.82, 2.24) is 15.3 Å². The Labute approximate surface area is 236 Å². The highest BCUT2D eigenvalue weighted by Crippen LogP contribution is 2.57. The van der Waals surface area contributed by atoms with Gasteiger partial charge in [0.1, 0.15) is 6.04 Å². The fourth-order valence-electron chi connectivity index (χ4n) is 6.88. The van der Waals surface area contributed by atoms with Crippen LogP contribution in [0.2, 0.25) is 0 Å². The number of nitrogens with zero attached hydrogens (tertiary/aromatic N) is 2. The molecule has 3 aliphatic carbocycles. The molecule has 3 saturated carbocycles. The number of carbonyl (C=O) groups excluding carboxylic acids is 4. The number of halogens is 3. The van der Waals surface area contributed by atoms with Crippen LogP contribution in [0, 0.1) is 11.3 Å². The molecular weight excluding hydrogens is 541 g/mol. The molecule has 2 N–H and O–H groups in total. The van der Waals surface area contributed by atoms with Crippen LogP contribution in [0.5, 0.6) is 0 Å². The maximum Gasteiger partial charge on any atom is 0.395 e. The molecule has 9 nitrogen and oxygen atoms in total. The van der Waals surface area contributed by atoms with Gasteiger partial charge in [0.15, 0.2) is 0 Å². The largest absolute Gasteiger partial charge is 0.395 e. The summed E-state index contributed by atoms with van der Waals surface area (Å²) in [6, 6.07) is 4.58. The van der Waals surface area contributed by atoms with Crippen molar-refractivity contribution in [2.24, 2.45) is 11.3 Å². The maximum absolute atomic E-state index is 13.4. The molecule has 1 aromatic carbocycles. The van der Waals surface area contributed by atoms with Crippen molar-refractivity contribution >= 4 is 29.9 Å². The van der Waals surface area contributed by atoms with Crippen LogP contribution in [0.15, 0.2) is 18.2 Å². The van der Waals surface area contributed by atoms with Gasteiger partial charge in [0.05, 0.1) is 5.41 Å². The van der Waals surface area contributed by atoms with Crippen molar-refractivity contribution in [3.8, 4) is 0 Å². The molecule has 1 atom stereocenters. The lowest BCUT2D eigenvalue weighted by atomic mass is 9.75. The van der Waals surface area contributed by atoms with Crippen molar-refractivity contribution in [2.75, 3.05) is 11.9 Å². The van der Waals surface area contributed by atoms with E-state index < -0.39 is 29.4 Å². The van der Waals surface area contributed by atoms with Crippen molar-refractivity contribution < 1.29 is 37.2 Å². The molecule has 4 fully saturated rings. The van der Waals surface area contributed by atoms with Gasteiger partial charge >= 0.3 is 12.6 Å². The van der Waals surface area contributed by atoms with E-state index in [0.29, 0.717) is 16.5 Å². The Hall–Kier alpha value is -3.15. The minimum Gasteiger partial charge on any atom is -0.379 e. The Kier molecular flexibility index (Phi) is 7.02. The summed E-state index contributed by atoms with van der Waals surface area (Å²) in [5, 5.41) is 7.44. The lowest BCUT2D eigenvalue weighted by molar-refractivity contribution is -0.200. The van der Waals surface area contributed by atoms with Crippen LogP contribution in [0.4, 0.5) is 18.9 Å². The Balaban J connectivity index is 1.15. The molecule has 0 radical (unpaired) electrons. The Bertz CT molecular complexity index is 1240. The smallest absolute Gasteiger partial charge is 0.379 e. The SMILES string of the molecule is O=CON1C(=O)CCC(N2Cc3c(NC4(CC5CC5)CCC(NCC5(C(F)(F)F)CC5)CC4)cccc3C2=O)C1=O. The monoisotopic (exact) mass is 576 g/mol. The molecule has 2 heterocycles. The summed E-state index contributed by atoms with van der Waals surface area (Å²) in [7, 11) is 0. The number of hydrogen-bond donors (Lipinski definition) is 2. The van der Waals surface area contributed by atoms with E-state index in [1.54, 1.807) is 12.1 Å². The standard InChI is InChI=1S/C29H35F3N4O5/c30-29(31,32)27(12-13-27)16-33-19-8-10-28(11-9-19,14-18-4-5-18)34-22-3-1-2-20-21(22)15-35(25(20)39)23-6-7-24(38)36(26(23)40)41-17-37/h1-3,17-19,23,33-34H,4-16H2. The van der Waals surface area contributed by atoms with Crippen molar-refractivity contribution in [2.45, 2.75) is 101 Å². The molecule has 0 spiro atoms. The van der Waals surface area contributed by atoms with Gasteiger partial charge < -0.3 is 20.4 Å². The van der Waals surface area contributed by atoms with Crippen LogP contribution >= 0.6 is 0 Å². The second kappa shape index (κ2) is 10.3. The molecule has 6 rings (SSSR count). The first kappa shape index (κ1) is 28.0. The first-order valence-corrected chi connectivity index (χ1v) is 14.5. The number of carbonyl (C=O) groups is 4. The zero-order valence-electron chi connectivity index (χ0n) is 22.8. The van der Waals surface area contributed by atoms with E-state index >= 15 is 0 Å². The number of amides is 3. The number of hydroxylamine groups is 2. The van der Waals surface area contributed by atoms with E-state index in [4.69, 9.17) is 0 Å². The molecule has 1 aromatic rings. The highest BCUT2D eigenvalue weighted by Gasteiger charge is 2.62. The second-order valence-corrected chi connectivity index (χ2v) is 12.5. The second-order valence-electron chi connectivity index (χ2n) is 12.5. The lowest BCUT2D eigenvalue weighted by Crippen LogP contribution is -2.54. The van der Waals surface area contributed by atoms with Gasteiger partial charge in [-0.3, -0.25) is 19.2 Å². The molecule has 1 unspecified atom stereocenters. The van der Waals surface area contributed by atoms with Gasteiger partial charge in [-0.25, -0.2) is 0 Å². The summed E-state index contributed by atoms with van der Waals surface area (Å²) in [4.78, 5) is 55.3. The van der Waals surface area contributed by atoms with E-state index in [2.05, 4.69) is 15.5 Å². The molecule has 1 saturated heterocycles. The molecule has 5 aliphatic rings. The Morgan fingerprint density at radius 1 is 1.02 bits per heavy atom. The zero-order valence-corrected chi connectivity index (χ0v) is 22.8. The van der Waals surface area contributed by atoms with E-state index in [1.165, 1.54) is 17.7 Å². The van der Waals surface area contributed by atoms with Gasteiger partial charge in [-0.05, 0) is 69.4 Å². The highest BCUT2D eigenvalue weighted by molar-refractivity contribution is 6.05. The number of piperidine rings is 1. The normalized spacial score (nSPS) is 29.4. The number of anilines is 1. The number of imide groups is 1. The van der Waals surface area contributed by atoms with Crippen LogP contribution in [0.1, 0.15) is 86.6 Å². The Morgan fingerprint density at radius 3 is 2.39 bits per heavy atom. The lowest BCUT2D eigenvalue weighted by Gasteiger charge is -2.43. The van der Waals surface area contributed by atoms with E-state index in [-0.39, 0.29) is 62.7 Å². The third-order valence-corrected chi connectivity index (χ3v) is 9.77. The minimum atomic E-state index is -4.16. The molecule has 2 aliphatic heterocycles. The number of rotatable bonds is 10. The summed E-state index contributed by atoms with van der Waals surface area (Å²) in [5.41, 5.74) is 0.302. The topological polar surface area (TPSA) is 108 Å². The van der Waals surface area contributed by atoms with Crippen LogP contribution in [-0.4, -0.2) is 64.5 Å². The molecule has 41 heavy (non-hydrogen) atoms. The number of benzene rings is 1. The summed E-state index contributed by atoms with van der Waals surface area (Å²) < 4.78 is 40.2. The van der Waals surface area contributed by atoms with Crippen LogP contribution in [0.25, 0.3) is 0 Å². The minimum absolute atomic E-state index is 0.0185. The molecule has 3 amide bonds. The third kappa shape index (κ3) is 5.30. The Morgan fingerprint density at radius 2 is 1.76 bits per heavy atom. The fraction of sp³-hybridized carbons (Fsp3) is 0.655. The van der Waals surface area contributed by atoms with Crippen LogP contribution in [0.3, 0.4) is 0 Å². The molecule has 12 heteroatoms. The van der Waals surface area contributed by atoms with Gasteiger partial charge in [0, 0.05) is 47.9 Å². The maximum atomic E-state index is 13.4. The average Bonchev–Trinajstić information content (AvgIpc) is 3.86. The predicted octanol–water partition coefficient (Wildman–Crippen LogP) is 4.07. The van der Waals surface area contributed by atoms with Crippen LogP contribution < -0.4 is 10.6 Å². The van der Waals surface area contributed by atoms with Gasteiger partial charge in [-0.2, -0.15) is 13.2 Å². The van der Waals surface area contributed by atoms with Gasteiger partial charge in [-0.15, -0.1) is 5.06 Å². The van der Waals surface area contributed by atoms with E-state index in [0.717, 1.165) is 43.4 Å². The molecule has 222 valence electrons. The van der Waals surface area contributed by atoms with E-state index in [9.17, 15) is 32.3 Å². The van der Waals surface area contributed by atoms with Gasteiger partial charge in [0.25, 0.3) is 17.7 Å². The predicted molar refractivity (Wildman–Crippen MR) is 140 cm³/mol. The summed E-state index contributed by atoms with van der Waals surface area (Å²) in [6.45, 7) is 0.180. The first-order valence-electron chi connectivity index (χ1n) is 14.5. The highest BCUT2D eigenvalue weighted by atomic mass is 19.4. The number of nitrogens with one attached hydrogen (secondary N) is 2. The number of fused-ring (bicyclic) bond motifs is 1. The number of alkyl halides is 3. The summed E-state index contributed by atoms with van der Waals surface area (Å²) in [6.07, 6.45) is 2.80. The summed E-state index contributed by atoms with van der Waals surface area (Å²) >= 11 is 0. The molecule has 0 aromatic heterocycles. The third-order valence-electron chi connectivity index (χ3n) is 9.77. The fourth-order valence-corrected chi connectivity index (χ4v) is 6.88. The van der Waals surface area contributed by atoms with Crippen molar-refractivity contribution in [3.05, 3.63) is 29.3 Å². The van der Waals surface area contributed by atoms with Gasteiger partial charge in [0.2, 0.25) is 0 Å². The van der Waals surface area contributed by atoms with E-state index in [1.807, 2.05) is 6.07 Å². The molecule has 0 bridgehead atoms. The first-order chi connectivity index (χ1) is 19.5. The summed E-state index contributed by atoms with van der Waals surface area (Å²) in [5.74, 6) is -1.06. The quantitative estimate of drug-likeness (QED) is 0.319. The van der Waals surface area contributed by atoms with Crippen molar-refractivity contribution in [3.63, 3.8) is 0 Å². The number of hydrogen-bond acceptors (Lipinski definition) is 7.